The van der Waals surface area contributed by atoms with Gasteiger partial charge in [0.05, 0.1) is 22.7 Å². The van der Waals surface area contributed by atoms with Gasteiger partial charge in [0.25, 0.3) is 5.91 Å². The third kappa shape index (κ3) is 6.04. The first-order valence-electron chi connectivity index (χ1n) is 9.03. The van der Waals surface area contributed by atoms with Crippen molar-refractivity contribution in [2.24, 2.45) is 11.0 Å². The first-order chi connectivity index (χ1) is 14.0. The Morgan fingerprint density at radius 1 is 1.23 bits per heavy atom. The number of sulfonamides is 1. The number of rotatable bonds is 8. The summed E-state index contributed by atoms with van der Waals surface area (Å²) in [7, 11) is -2.46. The summed E-state index contributed by atoms with van der Waals surface area (Å²) in [6, 6.07) is 8.46. The summed E-state index contributed by atoms with van der Waals surface area (Å²) in [5.74, 6) is -0.725. The summed E-state index contributed by atoms with van der Waals surface area (Å²) in [4.78, 5) is 12.6. The maximum Gasteiger partial charge on any atom is 0.258 e. The minimum absolute atomic E-state index is 0.0518. The number of aryl methyl sites for hydroxylation is 1. The molecule has 10 heteroatoms. The zero-order valence-corrected chi connectivity index (χ0v) is 19.4. The Bertz CT molecular complexity index is 1040. The molecular formula is C20H24BrN3O5S. The van der Waals surface area contributed by atoms with Crippen molar-refractivity contribution < 1.29 is 23.1 Å². The molecule has 2 aromatic carbocycles. The van der Waals surface area contributed by atoms with Crippen molar-refractivity contribution in [1.82, 2.24) is 10.1 Å². The quantitative estimate of drug-likeness (QED) is 0.382. The van der Waals surface area contributed by atoms with Crippen LogP contribution in [0.25, 0.3) is 0 Å². The number of benzene rings is 2. The second kappa shape index (κ2) is 10.1. The van der Waals surface area contributed by atoms with Gasteiger partial charge >= 0.3 is 0 Å². The van der Waals surface area contributed by atoms with Crippen LogP contribution in [0.5, 0.6) is 11.5 Å². The number of amides is 1. The van der Waals surface area contributed by atoms with Crippen molar-refractivity contribution in [3.05, 3.63) is 52.0 Å². The van der Waals surface area contributed by atoms with E-state index in [1.54, 1.807) is 32.0 Å². The number of carbonyl (C=O) groups is 1. The molecule has 1 amide bonds. The number of phenols is 1. The molecule has 0 bridgehead atoms. The van der Waals surface area contributed by atoms with E-state index >= 15 is 0 Å². The lowest BCUT2D eigenvalue weighted by Crippen LogP contribution is -2.48. The predicted molar refractivity (Wildman–Crippen MR) is 118 cm³/mol. The van der Waals surface area contributed by atoms with Gasteiger partial charge < -0.3 is 9.84 Å². The number of hydrogen-bond acceptors (Lipinski definition) is 6. The number of phenolic OH excluding ortho intramolecular Hbond substituents is 1. The first kappa shape index (κ1) is 23.8. The van der Waals surface area contributed by atoms with Crippen molar-refractivity contribution in [2.75, 3.05) is 7.11 Å². The van der Waals surface area contributed by atoms with Crippen LogP contribution in [0.1, 0.15) is 25.0 Å². The summed E-state index contributed by atoms with van der Waals surface area (Å²) in [5, 5.41) is 13.7. The molecule has 3 N–H and O–H groups in total. The van der Waals surface area contributed by atoms with E-state index in [1.165, 1.54) is 31.5 Å². The number of methoxy groups -OCH3 is 1. The van der Waals surface area contributed by atoms with Gasteiger partial charge in [-0.25, -0.2) is 13.8 Å². The zero-order chi connectivity index (χ0) is 22.5. The standard InChI is InChI=1S/C20H24BrN3O5S/c1-12(2)18(24-30(27,28)15-7-5-13(3)6-8-15)20(26)23-22-11-14-9-16(21)19(25)17(10-14)29-4/h5-12,18,24-25H,1-4H3,(H,23,26)/b22-11-/t18-/m1/s1. The fraction of sp³-hybridized carbons (Fsp3) is 0.300. The third-order valence-corrected chi connectivity index (χ3v) is 6.28. The van der Waals surface area contributed by atoms with Crippen molar-refractivity contribution >= 4 is 38.1 Å². The molecule has 0 fully saturated rings. The molecule has 0 aromatic heterocycles. The summed E-state index contributed by atoms with van der Waals surface area (Å²) >= 11 is 3.20. The summed E-state index contributed by atoms with van der Waals surface area (Å²) in [5.41, 5.74) is 3.84. The molecule has 0 unspecified atom stereocenters. The van der Waals surface area contributed by atoms with Crippen molar-refractivity contribution in [3.8, 4) is 11.5 Å². The molecule has 0 radical (unpaired) electrons. The van der Waals surface area contributed by atoms with Crippen LogP contribution >= 0.6 is 15.9 Å². The van der Waals surface area contributed by atoms with Crippen molar-refractivity contribution in [2.45, 2.75) is 31.7 Å². The topological polar surface area (TPSA) is 117 Å². The zero-order valence-electron chi connectivity index (χ0n) is 17.0. The lowest BCUT2D eigenvalue weighted by Gasteiger charge is -2.20. The number of nitrogens with one attached hydrogen (secondary N) is 2. The number of aromatic hydroxyl groups is 1. The van der Waals surface area contributed by atoms with E-state index < -0.39 is 22.0 Å². The Hall–Kier alpha value is -2.43. The van der Waals surface area contributed by atoms with Crippen LogP contribution in [0.4, 0.5) is 0 Å². The van der Waals surface area contributed by atoms with E-state index in [-0.39, 0.29) is 22.3 Å². The van der Waals surface area contributed by atoms with Gasteiger partial charge in [-0.3, -0.25) is 4.79 Å². The Kier molecular flexibility index (Phi) is 7.99. The van der Waals surface area contributed by atoms with Crippen LogP contribution in [0.15, 0.2) is 50.9 Å². The average Bonchev–Trinajstić information content (AvgIpc) is 2.68. The molecule has 0 saturated carbocycles. The molecule has 162 valence electrons. The monoisotopic (exact) mass is 497 g/mol. The minimum atomic E-state index is -3.88. The number of hydrogen-bond donors (Lipinski definition) is 3. The smallest absolute Gasteiger partial charge is 0.258 e. The van der Waals surface area contributed by atoms with Crippen LogP contribution in [-0.4, -0.2) is 38.8 Å². The van der Waals surface area contributed by atoms with Crippen LogP contribution in [0.2, 0.25) is 0 Å². The van der Waals surface area contributed by atoms with Crippen LogP contribution in [0, 0.1) is 12.8 Å². The lowest BCUT2D eigenvalue weighted by atomic mass is 10.1. The number of halogens is 1. The van der Waals surface area contributed by atoms with Gasteiger partial charge in [0, 0.05) is 0 Å². The van der Waals surface area contributed by atoms with Gasteiger partial charge in [-0.05, 0) is 58.6 Å². The number of hydrazone groups is 1. The molecule has 0 heterocycles. The van der Waals surface area contributed by atoms with Crippen LogP contribution < -0.4 is 14.9 Å². The molecule has 0 aliphatic heterocycles. The lowest BCUT2D eigenvalue weighted by molar-refractivity contribution is -0.123. The highest BCUT2D eigenvalue weighted by molar-refractivity contribution is 9.10. The van der Waals surface area contributed by atoms with Crippen LogP contribution in [0.3, 0.4) is 0 Å². The van der Waals surface area contributed by atoms with E-state index in [1.807, 2.05) is 6.92 Å². The fourth-order valence-electron chi connectivity index (χ4n) is 2.51. The highest BCUT2D eigenvalue weighted by Gasteiger charge is 2.28. The summed E-state index contributed by atoms with van der Waals surface area (Å²) in [6.45, 7) is 5.32. The fourth-order valence-corrected chi connectivity index (χ4v) is 4.31. The predicted octanol–water partition coefficient (Wildman–Crippen LogP) is 2.92. The van der Waals surface area contributed by atoms with Crippen LogP contribution in [-0.2, 0) is 14.8 Å². The van der Waals surface area contributed by atoms with Crippen molar-refractivity contribution in [1.29, 1.82) is 0 Å². The largest absolute Gasteiger partial charge is 0.503 e. The SMILES string of the molecule is COc1cc(/C=N\NC(=O)[C@H](NS(=O)(=O)c2ccc(C)cc2)C(C)C)cc(Br)c1O. The summed E-state index contributed by atoms with van der Waals surface area (Å²) in [6.07, 6.45) is 1.36. The molecule has 8 nitrogen and oxygen atoms in total. The molecule has 0 aliphatic rings. The van der Waals surface area contributed by atoms with E-state index in [2.05, 4.69) is 31.2 Å². The number of carbonyl (C=O) groups excluding carboxylic acids is 1. The highest BCUT2D eigenvalue weighted by atomic mass is 79.9. The highest BCUT2D eigenvalue weighted by Crippen LogP contribution is 2.34. The van der Waals surface area contributed by atoms with E-state index in [9.17, 15) is 18.3 Å². The number of ether oxygens (including phenoxy) is 1. The second-order valence-electron chi connectivity index (χ2n) is 6.94. The van der Waals surface area contributed by atoms with Gasteiger partial charge in [-0.2, -0.15) is 9.82 Å². The molecular weight excluding hydrogens is 474 g/mol. The molecule has 30 heavy (non-hydrogen) atoms. The molecule has 1 atom stereocenters. The van der Waals surface area contributed by atoms with Gasteiger partial charge in [0.1, 0.15) is 6.04 Å². The molecule has 2 rings (SSSR count). The number of nitrogens with zero attached hydrogens (tertiary/aromatic N) is 1. The molecule has 0 spiro atoms. The van der Waals surface area contributed by atoms with Crippen molar-refractivity contribution in [3.63, 3.8) is 0 Å². The Morgan fingerprint density at radius 2 is 1.87 bits per heavy atom. The van der Waals surface area contributed by atoms with E-state index in [4.69, 9.17) is 4.74 Å². The Labute approximate surface area is 184 Å². The average molecular weight is 498 g/mol. The molecule has 2 aromatic rings. The van der Waals surface area contributed by atoms with E-state index in [0.29, 0.717) is 10.0 Å². The second-order valence-corrected chi connectivity index (χ2v) is 9.51. The minimum Gasteiger partial charge on any atom is -0.503 e. The van der Waals surface area contributed by atoms with Gasteiger partial charge in [-0.15, -0.1) is 0 Å². The summed E-state index contributed by atoms with van der Waals surface area (Å²) < 4.78 is 33.2. The van der Waals surface area contributed by atoms with Gasteiger partial charge in [-0.1, -0.05) is 31.5 Å². The Morgan fingerprint density at radius 3 is 2.43 bits per heavy atom. The first-order valence-corrected chi connectivity index (χ1v) is 11.3. The molecule has 0 aliphatic carbocycles. The Balaban J connectivity index is 2.13. The van der Waals surface area contributed by atoms with E-state index in [0.717, 1.165) is 5.56 Å². The molecule has 0 saturated heterocycles. The maximum atomic E-state index is 12.6. The van der Waals surface area contributed by atoms with Gasteiger partial charge in [0.15, 0.2) is 11.5 Å². The third-order valence-electron chi connectivity index (χ3n) is 4.22. The normalized spacial score (nSPS) is 12.9. The van der Waals surface area contributed by atoms with Gasteiger partial charge in [0.2, 0.25) is 10.0 Å². The maximum absolute atomic E-state index is 12.6.